The molecule has 1 aliphatic carbocycles. The van der Waals surface area contributed by atoms with Crippen molar-refractivity contribution in [3.8, 4) is 0 Å². The number of aryl methyl sites for hydroxylation is 1. The molecular weight excluding hydrogens is 186 g/mol. The number of aromatic nitrogens is 1. The molecule has 0 aliphatic heterocycles. The Balaban J connectivity index is 2.01. The van der Waals surface area contributed by atoms with Crippen molar-refractivity contribution in [3.05, 3.63) is 23.9 Å². The highest BCUT2D eigenvalue weighted by Crippen LogP contribution is 2.20. The van der Waals surface area contributed by atoms with Crippen LogP contribution in [0.15, 0.2) is 18.3 Å². The van der Waals surface area contributed by atoms with Gasteiger partial charge in [0.1, 0.15) is 5.82 Å². The number of pyridine rings is 1. The van der Waals surface area contributed by atoms with E-state index in [1.165, 1.54) is 18.4 Å². The third kappa shape index (κ3) is 2.69. The van der Waals surface area contributed by atoms with Gasteiger partial charge in [0.2, 0.25) is 0 Å². The van der Waals surface area contributed by atoms with E-state index < -0.39 is 0 Å². The van der Waals surface area contributed by atoms with Gasteiger partial charge < -0.3 is 11.1 Å². The van der Waals surface area contributed by atoms with Crippen LogP contribution >= 0.6 is 0 Å². The van der Waals surface area contributed by atoms with Crippen LogP contribution in [-0.4, -0.2) is 17.1 Å². The fraction of sp³-hybridized carbons (Fsp3) is 0.583. The molecule has 3 heteroatoms. The van der Waals surface area contributed by atoms with Crippen molar-refractivity contribution in [2.45, 2.75) is 44.7 Å². The molecule has 1 fully saturated rings. The largest absolute Gasteiger partial charge is 0.366 e. The second kappa shape index (κ2) is 4.62. The molecule has 1 saturated carbocycles. The van der Waals surface area contributed by atoms with Crippen LogP contribution in [0.2, 0.25) is 0 Å². The molecule has 1 aromatic heterocycles. The average Bonchev–Trinajstić information content (AvgIpc) is 2.22. The van der Waals surface area contributed by atoms with Crippen LogP contribution in [0.3, 0.4) is 0 Å². The molecule has 0 unspecified atom stereocenters. The summed E-state index contributed by atoms with van der Waals surface area (Å²) in [5.41, 5.74) is 7.31. The van der Waals surface area contributed by atoms with Gasteiger partial charge >= 0.3 is 0 Å². The maximum absolute atomic E-state index is 6.07. The summed E-state index contributed by atoms with van der Waals surface area (Å²) in [5.74, 6) is 0.956. The van der Waals surface area contributed by atoms with Crippen molar-refractivity contribution in [1.29, 1.82) is 0 Å². The highest BCUT2D eigenvalue weighted by Gasteiger charge is 2.21. The Morgan fingerprint density at radius 1 is 1.40 bits per heavy atom. The lowest BCUT2D eigenvalue weighted by molar-refractivity contribution is 0.403. The second-order valence-corrected chi connectivity index (χ2v) is 4.42. The van der Waals surface area contributed by atoms with Crippen LogP contribution in [0, 0.1) is 6.92 Å². The molecule has 1 heterocycles. The first-order valence-electron chi connectivity index (χ1n) is 5.70. The molecule has 3 nitrogen and oxygen atoms in total. The van der Waals surface area contributed by atoms with E-state index in [2.05, 4.69) is 23.3 Å². The van der Waals surface area contributed by atoms with E-state index in [-0.39, 0.29) is 6.04 Å². The van der Waals surface area contributed by atoms with Crippen LogP contribution < -0.4 is 11.1 Å². The van der Waals surface area contributed by atoms with Crippen molar-refractivity contribution >= 4 is 5.82 Å². The molecule has 0 bridgehead atoms. The van der Waals surface area contributed by atoms with E-state index in [4.69, 9.17) is 5.73 Å². The zero-order valence-electron chi connectivity index (χ0n) is 9.24. The molecule has 15 heavy (non-hydrogen) atoms. The SMILES string of the molecule is Cc1ccnc(N[C@H]2CCCC[C@@H]2N)c1. The number of hydrogen-bond donors (Lipinski definition) is 2. The van der Waals surface area contributed by atoms with Crippen molar-refractivity contribution in [3.63, 3.8) is 0 Å². The van der Waals surface area contributed by atoms with Gasteiger partial charge in [0.05, 0.1) is 0 Å². The molecule has 3 N–H and O–H groups in total. The predicted octanol–water partition coefficient (Wildman–Crippen LogP) is 2.07. The Morgan fingerprint density at radius 3 is 2.93 bits per heavy atom. The molecule has 1 aliphatic rings. The second-order valence-electron chi connectivity index (χ2n) is 4.42. The minimum atomic E-state index is 0.279. The van der Waals surface area contributed by atoms with E-state index in [0.29, 0.717) is 6.04 Å². The number of hydrogen-bond acceptors (Lipinski definition) is 3. The summed E-state index contributed by atoms with van der Waals surface area (Å²) >= 11 is 0. The molecule has 2 atom stereocenters. The van der Waals surface area contributed by atoms with E-state index in [0.717, 1.165) is 18.7 Å². The molecule has 2 rings (SSSR count). The Kier molecular flexibility index (Phi) is 3.21. The molecule has 0 amide bonds. The quantitative estimate of drug-likeness (QED) is 0.777. The smallest absolute Gasteiger partial charge is 0.126 e. The summed E-state index contributed by atoms with van der Waals surface area (Å²) in [6, 6.07) is 4.75. The number of nitrogens with zero attached hydrogens (tertiary/aromatic N) is 1. The minimum Gasteiger partial charge on any atom is -0.366 e. The lowest BCUT2D eigenvalue weighted by Crippen LogP contribution is -2.42. The number of nitrogens with two attached hydrogens (primary N) is 1. The molecule has 0 radical (unpaired) electrons. The molecule has 82 valence electrons. The van der Waals surface area contributed by atoms with Crippen LogP contribution in [0.5, 0.6) is 0 Å². The van der Waals surface area contributed by atoms with Gasteiger partial charge in [-0.1, -0.05) is 12.8 Å². The summed E-state index contributed by atoms with van der Waals surface area (Å²) in [4.78, 5) is 4.30. The van der Waals surface area contributed by atoms with E-state index in [1.54, 1.807) is 0 Å². The normalized spacial score (nSPS) is 26.3. The van der Waals surface area contributed by atoms with Gasteiger partial charge in [-0.2, -0.15) is 0 Å². The lowest BCUT2D eigenvalue weighted by atomic mass is 9.91. The van der Waals surface area contributed by atoms with E-state index in [1.807, 2.05) is 12.3 Å². The maximum atomic E-state index is 6.07. The third-order valence-electron chi connectivity index (χ3n) is 3.07. The fourth-order valence-electron chi connectivity index (χ4n) is 2.14. The predicted molar refractivity (Wildman–Crippen MR) is 62.8 cm³/mol. The monoisotopic (exact) mass is 205 g/mol. The topological polar surface area (TPSA) is 50.9 Å². The Bertz CT molecular complexity index is 324. The van der Waals surface area contributed by atoms with Crippen LogP contribution in [-0.2, 0) is 0 Å². The lowest BCUT2D eigenvalue weighted by Gasteiger charge is -2.29. The Morgan fingerprint density at radius 2 is 2.20 bits per heavy atom. The number of rotatable bonds is 2. The van der Waals surface area contributed by atoms with Gasteiger partial charge in [-0.05, 0) is 37.5 Å². The van der Waals surface area contributed by atoms with Crippen LogP contribution in [0.1, 0.15) is 31.2 Å². The number of anilines is 1. The van der Waals surface area contributed by atoms with Crippen LogP contribution in [0.25, 0.3) is 0 Å². The molecule has 0 saturated heterocycles. The van der Waals surface area contributed by atoms with Gasteiger partial charge in [-0.3, -0.25) is 0 Å². The van der Waals surface area contributed by atoms with Gasteiger partial charge in [0.15, 0.2) is 0 Å². The fourth-order valence-corrected chi connectivity index (χ4v) is 2.14. The minimum absolute atomic E-state index is 0.279. The van der Waals surface area contributed by atoms with Crippen molar-refractivity contribution in [2.75, 3.05) is 5.32 Å². The van der Waals surface area contributed by atoms with Gasteiger partial charge in [0.25, 0.3) is 0 Å². The Labute approximate surface area is 91.1 Å². The first-order chi connectivity index (χ1) is 7.25. The molecular formula is C12H19N3. The molecule has 1 aromatic rings. The summed E-state index contributed by atoms with van der Waals surface area (Å²) in [6.07, 6.45) is 6.67. The first kappa shape index (κ1) is 10.4. The van der Waals surface area contributed by atoms with Gasteiger partial charge in [-0.25, -0.2) is 4.98 Å². The van der Waals surface area contributed by atoms with Crippen molar-refractivity contribution in [2.24, 2.45) is 5.73 Å². The highest BCUT2D eigenvalue weighted by atomic mass is 15.0. The van der Waals surface area contributed by atoms with E-state index in [9.17, 15) is 0 Å². The van der Waals surface area contributed by atoms with Gasteiger partial charge in [0, 0.05) is 18.3 Å². The summed E-state index contributed by atoms with van der Waals surface area (Å²) < 4.78 is 0. The molecule has 0 aromatic carbocycles. The number of nitrogens with one attached hydrogen (secondary N) is 1. The average molecular weight is 205 g/mol. The van der Waals surface area contributed by atoms with Crippen molar-refractivity contribution < 1.29 is 0 Å². The zero-order chi connectivity index (χ0) is 10.7. The van der Waals surface area contributed by atoms with Crippen molar-refractivity contribution in [1.82, 2.24) is 4.98 Å². The van der Waals surface area contributed by atoms with Gasteiger partial charge in [-0.15, -0.1) is 0 Å². The summed E-state index contributed by atoms with van der Waals surface area (Å²) in [5, 5.41) is 3.44. The standard InChI is InChI=1S/C12H19N3/c1-9-6-7-14-12(8-9)15-11-5-3-2-4-10(11)13/h6-8,10-11H,2-5,13H2,1H3,(H,14,15)/t10-,11-/m0/s1. The summed E-state index contributed by atoms with van der Waals surface area (Å²) in [6.45, 7) is 2.08. The highest BCUT2D eigenvalue weighted by molar-refractivity contribution is 5.38. The first-order valence-corrected chi connectivity index (χ1v) is 5.70. The maximum Gasteiger partial charge on any atom is 0.126 e. The molecule has 0 spiro atoms. The van der Waals surface area contributed by atoms with E-state index >= 15 is 0 Å². The third-order valence-corrected chi connectivity index (χ3v) is 3.07. The summed E-state index contributed by atoms with van der Waals surface area (Å²) in [7, 11) is 0. The Hall–Kier alpha value is -1.09. The zero-order valence-corrected chi connectivity index (χ0v) is 9.24. The van der Waals surface area contributed by atoms with Crippen LogP contribution in [0.4, 0.5) is 5.82 Å².